The first-order chi connectivity index (χ1) is 8.54. The average Bonchev–Trinajstić information content (AvgIpc) is 2.72. The second kappa shape index (κ2) is 4.86. The summed E-state index contributed by atoms with van der Waals surface area (Å²) in [5.41, 5.74) is 1.26. The number of hydrogen-bond donors (Lipinski definition) is 1. The van der Waals surface area contributed by atoms with E-state index in [0.717, 1.165) is 5.56 Å². The molecule has 1 aromatic heterocycles. The van der Waals surface area contributed by atoms with Crippen LogP contribution in [0.3, 0.4) is 0 Å². The van der Waals surface area contributed by atoms with Gasteiger partial charge in [0.25, 0.3) is 0 Å². The summed E-state index contributed by atoms with van der Waals surface area (Å²) in [6.07, 6.45) is 0. The van der Waals surface area contributed by atoms with Crippen molar-refractivity contribution in [2.75, 3.05) is 0 Å². The molecule has 0 saturated carbocycles. The van der Waals surface area contributed by atoms with Crippen molar-refractivity contribution in [1.82, 2.24) is 14.8 Å². The zero-order valence-electron chi connectivity index (χ0n) is 10.7. The Hall–Kier alpha value is -1.75. The minimum atomic E-state index is -0.325. The molecule has 0 aliphatic rings. The van der Waals surface area contributed by atoms with E-state index in [1.807, 2.05) is 26.8 Å². The highest BCUT2D eigenvalue weighted by Crippen LogP contribution is 2.25. The lowest BCUT2D eigenvalue weighted by Gasteiger charge is -2.13. The maximum atomic E-state index is 13.9. The topological polar surface area (TPSA) is 50.9 Å². The third-order valence-corrected chi connectivity index (χ3v) is 2.79. The van der Waals surface area contributed by atoms with E-state index in [9.17, 15) is 9.50 Å². The van der Waals surface area contributed by atoms with Gasteiger partial charge in [-0.3, -0.25) is 0 Å². The van der Waals surface area contributed by atoms with Crippen molar-refractivity contribution < 1.29 is 9.50 Å². The lowest BCUT2D eigenvalue weighted by Crippen LogP contribution is -2.08. The molecule has 0 unspecified atom stereocenters. The molecule has 1 heterocycles. The zero-order chi connectivity index (χ0) is 13.3. The van der Waals surface area contributed by atoms with E-state index in [-0.39, 0.29) is 18.5 Å². The van der Waals surface area contributed by atoms with Crippen LogP contribution in [0.2, 0.25) is 0 Å². The molecule has 96 valence electrons. The summed E-state index contributed by atoms with van der Waals surface area (Å²) in [6, 6.07) is 5.04. The van der Waals surface area contributed by atoms with Crippen LogP contribution in [-0.2, 0) is 6.61 Å². The van der Waals surface area contributed by atoms with Crippen molar-refractivity contribution in [3.8, 4) is 11.4 Å². The van der Waals surface area contributed by atoms with Crippen molar-refractivity contribution in [3.05, 3.63) is 35.4 Å². The molecule has 1 aromatic carbocycles. The molecular weight excluding hydrogens is 233 g/mol. The highest BCUT2D eigenvalue weighted by molar-refractivity contribution is 5.57. The lowest BCUT2D eigenvalue weighted by molar-refractivity contribution is 0.262. The van der Waals surface area contributed by atoms with E-state index < -0.39 is 0 Å². The van der Waals surface area contributed by atoms with Gasteiger partial charge < -0.3 is 9.67 Å². The van der Waals surface area contributed by atoms with Crippen molar-refractivity contribution in [2.24, 2.45) is 0 Å². The summed E-state index contributed by atoms with van der Waals surface area (Å²) in [6.45, 7) is 5.51. The minimum absolute atomic E-state index is 0.0536. The van der Waals surface area contributed by atoms with Gasteiger partial charge in [-0.05, 0) is 38.5 Å². The Morgan fingerprint density at radius 1 is 1.33 bits per heavy atom. The molecule has 0 saturated heterocycles. The molecule has 0 fully saturated rings. The Balaban J connectivity index is 2.60. The number of aromatic nitrogens is 3. The van der Waals surface area contributed by atoms with Crippen molar-refractivity contribution in [3.63, 3.8) is 0 Å². The van der Waals surface area contributed by atoms with Crippen molar-refractivity contribution >= 4 is 0 Å². The van der Waals surface area contributed by atoms with Gasteiger partial charge in [-0.2, -0.15) is 0 Å². The number of nitrogens with zero attached hydrogens (tertiary/aromatic N) is 3. The fourth-order valence-electron chi connectivity index (χ4n) is 1.96. The smallest absolute Gasteiger partial charge is 0.167 e. The molecule has 18 heavy (non-hydrogen) atoms. The molecule has 0 aliphatic carbocycles. The number of aliphatic hydroxyl groups excluding tert-OH is 1. The molecule has 2 rings (SSSR count). The SMILES string of the molecule is Cc1ccc(-c2nnc(CO)n2C(C)C)c(F)c1. The summed E-state index contributed by atoms with van der Waals surface area (Å²) in [7, 11) is 0. The quantitative estimate of drug-likeness (QED) is 0.909. The van der Waals surface area contributed by atoms with Gasteiger partial charge in [-0.1, -0.05) is 6.07 Å². The summed E-state index contributed by atoms with van der Waals surface area (Å²) >= 11 is 0. The van der Waals surface area contributed by atoms with Crippen LogP contribution < -0.4 is 0 Å². The Bertz CT molecular complexity index is 563. The van der Waals surface area contributed by atoms with Gasteiger partial charge in [0.1, 0.15) is 12.4 Å². The molecule has 5 heteroatoms. The van der Waals surface area contributed by atoms with Gasteiger partial charge in [0.2, 0.25) is 0 Å². The largest absolute Gasteiger partial charge is 0.388 e. The van der Waals surface area contributed by atoms with E-state index >= 15 is 0 Å². The average molecular weight is 249 g/mol. The predicted octanol–water partition coefficient (Wildman–Crippen LogP) is 2.47. The number of aliphatic hydroxyl groups is 1. The fourth-order valence-corrected chi connectivity index (χ4v) is 1.96. The Kier molecular flexibility index (Phi) is 3.43. The van der Waals surface area contributed by atoms with Gasteiger partial charge in [-0.25, -0.2) is 4.39 Å². The highest BCUT2D eigenvalue weighted by atomic mass is 19.1. The Morgan fingerprint density at radius 3 is 2.61 bits per heavy atom. The summed E-state index contributed by atoms with van der Waals surface area (Å²) in [5.74, 6) is 0.570. The maximum Gasteiger partial charge on any atom is 0.167 e. The first-order valence-corrected chi connectivity index (χ1v) is 5.85. The van der Waals surface area contributed by atoms with E-state index in [4.69, 9.17) is 0 Å². The number of aryl methyl sites for hydroxylation is 1. The van der Waals surface area contributed by atoms with Gasteiger partial charge >= 0.3 is 0 Å². The van der Waals surface area contributed by atoms with Gasteiger partial charge in [-0.15, -0.1) is 10.2 Å². The van der Waals surface area contributed by atoms with Crippen LogP contribution in [-0.4, -0.2) is 19.9 Å². The van der Waals surface area contributed by atoms with Crippen molar-refractivity contribution in [2.45, 2.75) is 33.4 Å². The lowest BCUT2D eigenvalue weighted by atomic mass is 10.1. The number of halogens is 1. The van der Waals surface area contributed by atoms with Crippen LogP contribution in [0.25, 0.3) is 11.4 Å². The van der Waals surface area contributed by atoms with Gasteiger partial charge in [0, 0.05) is 6.04 Å². The molecule has 0 atom stereocenters. The third kappa shape index (κ3) is 2.13. The first kappa shape index (κ1) is 12.7. The van der Waals surface area contributed by atoms with Gasteiger partial charge in [0.15, 0.2) is 11.6 Å². The van der Waals surface area contributed by atoms with Crippen LogP contribution in [0.15, 0.2) is 18.2 Å². The van der Waals surface area contributed by atoms with Crippen LogP contribution >= 0.6 is 0 Å². The molecule has 2 aromatic rings. The normalized spacial score (nSPS) is 11.2. The Morgan fingerprint density at radius 2 is 2.06 bits per heavy atom. The molecule has 0 aliphatic heterocycles. The number of rotatable bonds is 3. The summed E-state index contributed by atoms with van der Waals surface area (Å²) in [5, 5.41) is 17.1. The van der Waals surface area contributed by atoms with E-state index in [1.165, 1.54) is 6.07 Å². The molecule has 1 N–H and O–H groups in total. The molecule has 0 amide bonds. The van der Waals surface area contributed by atoms with E-state index in [0.29, 0.717) is 17.2 Å². The molecular formula is C13H16FN3O. The molecule has 0 spiro atoms. The van der Waals surface area contributed by atoms with Crippen LogP contribution in [0.1, 0.15) is 31.3 Å². The maximum absolute atomic E-state index is 13.9. The Labute approximate surface area is 105 Å². The highest BCUT2D eigenvalue weighted by Gasteiger charge is 2.18. The number of benzene rings is 1. The summed E-state index contributed by atoms with van der Waals surface area (Å²) < 4.78 is 15.7. The zero-order valence-corrected chi connectivity index (χ0v) is 10.7. The second-order valence-corrected chi connectivity index (χ2v) is 4.54. The molecule has 0 bridgehead atoms. The molecule has 4 nitrogen and oxygen atoms in total. The fraction of sp³-hybridized carbons (Fsp3) is 0.385. The standard InChI is InChI=1S/C13H16FN3O/c1-8(2)17-12(7-18)15-16-13(17)10-5-4-9(3)6-11(10)14/h4-6,8,18H,7H2,1-3H3. The first-order valence-electron chi connectivity index (χ1n) is 5.85. The van der Waals surface area contributed by atoms with Gasteiger partial charge in [0.05, 0.1) is 5.56 Å². The van der Waals surface area contributed by atoms with Crippen LogP contribution in [0.4, 0.5) is 4.39 Å². The summed E-state index contributed by atoms with van der Waals surface area (Å²) in [4.78, 5) is 0. The van der Waals surface area contributed by atoms with E-state index in [2.05, 4.69) is 10.2 Å². The van der Waals surface area contributed by atoms with Crippen LogP contribution in [0, 0.1) is 12.7 Å². The predicted molar refractivity (Wildman–Crippen MR) is 66.5 cm³/mol. The van der Waals surface area contributed by atoms with Crippen molar-refractivity contribution in [1.29, 1.82) is 0 Å². The van der Waals surface area contributed by atoms with Crippen LogP contribution in [0.5, 0.6) is 0 Å². The van der Waals surface area contributed by atoms with E-state index in [1.54, 1.807) is 10.6 Å². The minimum Gasteiger partial charge on any atom is -0.388 e. The molecule has 0 radical (unpaired) electrons. The number of hydrogen-bond acceptors (Lipinski definition) is 3. The third-order valence-electron chi connectivity index (χ3n) is 2.79. The second-order valence-electron chi connectivity index (χ2n) is 4.54. The monoisotopic (exact) mass is 249 g/mol.